The van der Waals surface area contributed by atoms with Gasteiger partial charge in [0.1, 0.15) is 5.82 Å². The van der Waals surface area contributed by atoms with Crippen LogP contribution in [0.5, 0.6) is 0 Å². The second kappa shape index (κ2) is 7.02. The van der Waals surface area contributed by atoms with Crippen molar-refractivity contribution in [1.82, 2.24) is 5.32 Å². The first-order valence-corrected chi connectivity index (χ1v) is 6.36. The number of rotatable bonds is 6. The fourth-order valence-corrected chi connectivity index (χ4v) is 1.93. The first kappa shape index (κ1) is 13.7. The van der Waals surface area contributed by atoms with Crippen molar-refractivity contribution in [2.45, 2.75) is 12.7 Å². The molecule has 0 aliphatic carbocycles. The standard InChI is InChI=1S/C16H18FNO/c1-18-11-16(13-7-3-2-4-8-13)19-12-14-9-5-6-10-15(14)17/h2-10,16,18H,11-12H2,1H3. The van der Waals surface area contributed by atoms with E-state index in [1.165, 1.54) is 6.07 Å². The lowest BCUT2D eigenvalue weighted by Gasteiger charge is -2.18. The van der Waals surface area contributed by atoms with Gasteiger partial charge in [-0.25, -0.2) is 4.39 Å². The third kappa shape index (κ3) is 3.88. The zero-order valence-electron chi connectivity index (χ0n) is 11.0. The Hall–Kier alpha value is -1.71. The van der Waals surface area contributed by atoms with Gasteiger partial charge in [0.2, 0.25) is 0 Å². The fourth-order valence-electron chi connectivity index (χ4n) is 1.93. The molecule has 0 aromatic heterocycles. The molecule has 1 atom stereocenters. The quantitative estimate of drug-likeness (QED) is 0.859. The van der Waals surface area contributed by atoms with E-state index in [4.69, 9.17) is 4.74 Å². The lowest BCUT2D eigenvalue weighted by molar-refractivity contribution is 0.0395. The van der Waals surface area contributed by atoms with Gasteiger partial charge in [0, 0.05) is 12.1 Å². The number of hydrogen-bond acceptors (Lipinski definition) is 2. The molecular formula is C16H18FNO. The average Bonchev–Trinajstić information content (AvgIpc) is 2.46. The second-order valence-corrected chi connectivity index (χ2v) is 4.36. The molecular weight excluding hydrogens is 241 g/mol. The highest BCUT2D eigenvalue weighted by molar-refractivity contribution is 5.19. The minimum absolute atomic E-state index is 0.0780. The highest BCUT2D eigenvalue weighted by Crippen LogP contribution is 2.19. The van der Waals surface area contributed by atoms with E-state index in [2.05, 4.69) is 5.32 Å². The molecule has 2 aromatic carbocycles. The molecule has 2 nitrogen and oxygen atoms in total. The maximum absolute atomic E-state index is 13.5. The molecule has 0 aliphatic rings. The van der Waals surface area contributed by atoms with Crippen molar-refractivity contribution >= 4 is 0 Å². The van der Waals surface area contributed by atoms with Crippen LogP contribution in [-0.2, 0) is 11.3 Å². The van der Waals surface area contributed by atoms with Crippen molar-refractivity contribution in [2.24, 2.45) is 0 Å². The highest BCUT2D eigenvalue weighted by atomic mass is 19.1. The van der Waals surface area contributed by atoms with Crippen molar-refractivity contribution in [3.63, 3.8) is 0 Å². The molecule has 0 amide bonds. The normalized spacial score (nSPS) is 12.3. The summed E-state index contributed by atoms with van der Waals surface area (Å²) in [6, 6.07) is 16.7. The first-order valence-electron chi connectivity index (χ1n) is 6.36. The number of hydrogen-bond donors (Lipinski definition) is 1. The van der Waals surface area contributed by atoms with Gasteiger partial charge in [-0.05, 0) is 18.7 Å². The molecule has 0 saturated carbocycles. The lowest BCUT2D eigenvalue weighted by atomic mass is 10.1. The Morgan fingerprint density at radius 1 is 1.05 bits per heavy atom. The van der Waals surface area contributed by atoms with Crippen LogP contribution in [0.2, 0.25) is 0 Å². The van der Waals surface area contributed by atoms with E-state index in [9.17, 15) is 4.39 Å². The highest BCUT2D eigenvalue weighted by Gasteiger charge is 2.11. The second-order valence-electron chi connectivity index (χ2n) is 4.36. The molecule has 0 heterocycles. The molecule has 1 unspecified atom stereocenters. The van der Waals surface area contributed by atoms with Crippen LogP contribution in [0.25, 0.3) is 0 Å². The largest absolute Gasteiger partial charge is 0.367 e. The van der Waals surface area contributed by atoms with Gasteiger partial charge in [-0.2, -0.15) is 0 Å². The smallest absolute Gasteiger partial charge is 0.128 e. The molecule has 0 bridgehead atoms. The van der Waals surface area contributed by atoms with Crippen molar-refractivity contribution < 1.29 is 9.13 Å². The van der Waals surface area contributed by atoms with Crippen molar-refractivity contribution in [1.29, 1.82) is 0 Å². The summed E-state index contributed by atoms with van der Waals surface area (Å²) in [5.74, 6) is -0.223. The van der Waals surface area contributed by atoms with Crippen molar-refractivity contribution in [2.75, 3.05) is 13.6 Å². The Morgan fingerprint density at radius 3 is 2.42 bits per heavy atom. The predicted molar refractivity (Wildman–Crippen MR) is 74.3 cm³/mol. The van der Waals surface area contributed by atoms with E-state index in [1.807, 2.05) is 43.4 Å². The van der Waals surface area contributed by atoms with Crippen LogP contribution in [-0.4, -0.2) is 13.6 Å². The fraction of sp³-hybridized carbons (Fsp3) is 0.250. The molecule has 100 valence electrons. The van der Waals surface area contributed by atoms with Gasteiger partial charge in [0.05, 0.1) is 12.7 Å². The Balaban J connectivity index is 2.04. The molecule has 2 aromatic rings. The maximum atomic E-state index is 13.5. The van der Waals surface area contributed by atoms with Crippen LogP contribution in [0.3, 0.4) is 0 Å². The van der Waals surface area contributed by atoms with Gasteiger partial charge < -0.3 is 10.1 Å². The molecule has 0 fully saturated rings. The topological polar surface area (TPSA) is 21.3 Å². The third-order valence-corrected chi connectivity index (χ3v) is 2.96. The monoisotopic (exact) mass is 259 g/mol. The van der Waals surface area contributed by atoms with E-state index in [0.29, 0.717) is 12.1 Å². The number of nitrogens with one attached hydrogen (secondary N) is 1. The number of ether oxygens (including phenoxy) is 1. The predicted octanol–water partition coefficient (Wildman–Crippen LogP) is 3.30. The zero-order chi connectivity index (χ0) is 13.5. The minimum atomic E-state index is -0.223. The van der Waals surface area contributed by atoms with Gasteiger partial charge in [0.15, 0.2) is 0 Å². The summed E-state index contributed by atoms with van der Waals surface area (Å²) in [4.78, 5) is 0. The zero-order valence-corrected chi connectivity index (χ0v) is 11.0. The molecule has 0 spiro atoms. The van der Waals surface area contributed by atoms with Crippen LogP contribution in [0.1, 0.15) is 17.2 Å². The maximum Gasteiger partial charge on any atom is 0.128 e. The van der Waals surface area contributed by atoms with Crippen LogP contribution in [0, 0.1) is 5.82 Å². The summed E-state index contributed by atoms with van der Waals surface area (Å²) < 4.78 is 19.4. The molecule has 1 N–H and O–H groups in total. The van der Waals surface area contributed by atoms with Crippen molar-refractivity contribution in [3.05, 3.63) is 71.5 Å². The van der Waals surface area contributed by atoms with Gasteiger partial charge >= 0.3 is 0 Å². The molecule has 0 radical (unpaired) electrons. The number of halogens is 1. The van der Waals surface area contributed by atoms with Gasteiger partial charge in [-0.3, -0.25) is 0 Å². The summed E-state index contributed by atoms with van der Waals surface area (Å²) in [5.41, 5.74) is 1.67. The van der Waals surface area contributed by atoms with Crippen LogP contribution in [0.15, 0.2) is 54.6 Å². The summed E-state index contributed by atoms with van der Waals surface area (Å²) in [6.07, 6.45) is -0.0780. The third-order valence-electron chi connectivity index (χ3n) is 2.96. The van der Waals surface area contributed by atoms with E-state index < -0.39 is 0 Å². The molecule has 19 heavy (non-hydrogen) atoms. The minimum Gasteiger partial charge on any atom is -0.367 e. The van der Waals surface area contributed by atoms with Crippen LogP contribution < -0.4 is 5.32 Å². The summed E-state index contributed by atoms with van der Waals surface area (Å²) in [5, 5.41) is 3.10. The Kier molecular flexibility index (Phi) is 5.07. The Bertz CT molecular complexity index is 501. The summed E-state index contributed by atoms with van der Waals surface area (Å²) >= 11 is 0. The van der Waals surface area contributed by atoms with Crippen LogP contribution in [0.4, 0.5) is 4.39 Å². The SMILES string of the molecule is CNCC(OCc1ccccc1F)c1ccccc1. The first-order chi connectivity index (χ1) is 9.31. The molecule has 3 heteroatoms. The summed E-state index contributed by atoms with van der Waals surface area (Å²) in [6.45, 7) is 0.965. The molecule has 2 rings (SSSR count). The van der Waals surface area contributed by atoms with E-state index in [0.717, 1.165) is 5.56 Å². The molecule has 0 saturated heterocycles. The van der Waals surface area contributed by atoms with Gasteiger partial charge in [-0.15, -0.1) is 0 Å². The van der Waals surface area contributed by atoms with E-state index in [-0.39, 0.29) is 18.5 Å². The summed E-state index contributed by atoms with van der Waals surface area (Å²) in [7, 11) is 1.88. The lowest BCUT2D eigenvalue weighted by Crippen LogP contribution is -2.19. The Morgan fingerprint density at radius 2 is 1.74 bits per heavy atom. The van der Waals surface area contributed by atoms with Gasteiger partial charge in [0.25, 0.3) is 0 Å². The van der Waals surface area contributed by atoms with E-state index in [1.54, 1.807) is 12.1 Å². The van der Waals surface area contributed by atoms with Gasteiger partial charge in [-0.1, -0.05) is 48.5 Å². The van der Waals surface area contributed by atoms with Crippen LogP contribution >= 0.6 is 0 Å². The number of likely N-dealkylation sites (N-methyl/N-ethyl adjacent to an activating group) is 1. The molecule has 0 aliphatic heterocycles. The van der Waals surface area contributed by atoms with Crippen molar-refractivity contribution in [3.8, 4) is 0 Å². The average molecular weight is 259 g/mol. The Labute approximate surface area is 113 Å². The number of benzene rings is 2. The van der Waals surface area contributed by atoms with E-state index >= 15 is 0 Å².